The highest BCUT2D eigenvalue weighted by Gasteiger charge is 2.46. The second kappa shape index (κ2) is 6.68. The van der Waals surface area contributed by atoms with E-state index >= 15 is 0 Å². The Bertz CT molecular complexity index is 998. The van der Waals surface area contributed by atoms with Crippen molar-refractivity contribution in [3.8, 4) is 0 Å². The third kappa shape index (κ3) is 2.87. The van der Waals surface area contributed by atoms with Crippen molar-refractivity contribution >= 4 is 28.8 Å². The van der Waals surface area contributed by atoms with Crippen molar-refractivity contribution in [2.24, 2.45) is 0 Å². The number of benzene rings is 2. The van der Waals surface area contributed by atoms with Crippen LogP contribution in [-0.4, -0.2) is 25.8 Å². The van der Waals surface area contributed by atoms with Gasteiger partial charge in [-0.25, -0.2) is 0 Å². The number of amides is 1. The van der Waals surface area contributed by atoms with Crippen molar-refractivity contribution in [1.29, 1.82) is 0 Å². The van der Waals surface area contributed by atoms with Crippen LogP contribution in [-0.2, 0) is 4.79 Å². The van der Waals surface area contributed by atoms with Gasteiger partial charge in [0.05, 0.1) is 5.69 Å². The molecule has 3 aromatic rings. The molecule has 0 saturated heterocycles. The molecule has 0 spiro atoms. The van der Waals surface area contributed by atoms with Crippen LogP contribution in [0.1, 0.15) is 16.4 Å². The fraction of sp³-hybridized carbons (Fsp3) is 0.136. The van der Waals surface area contributed by atoms with Crippen LogP contribution in [0.3, 0.4) is 0 Å². The van der Waals surface area contributed by atoms with Crippen LogP contribution in [0, 0.1) is 0 Å². The molecule has 2 aromatic carbocycles. The number of hydrogen-bond donors (Lipinski definition) is 0. The minimum atomic E-state index is -0.920. The maximum Gasteiger partial charge on any atom is 0.309 e. The van der Waals surface area contributed by atoms with Gasteiger partial charge in [0.25, 0.3) is 6.04 Å². The Morgan fingerprint density at radius 2 is 1.48 bits per heavy atom. The predicted octanol–water partition coefficient (Wildman–Crippen LogP) is 3.14. The maximum atomic E-state index is 13.4. The van der Waals surface area contributed by atoms with Crippen LogP contribution >= 0.6 is 0 Å². The van der Waals surface area contributed by atoms with Crippen LogP contribution in [0.2, 0.25) is 0 Å². The molecule has 0 aliphatic carbocycles. The summed E-state index contributed by atoms with van der Waals surface area (Å²) in [7, 11) is 3.90. The van der Waals surface area contributed by atoms with Crippen molar-refractivity contribution in [3.05, 3.63) is 84.7 Å². The van der Waals surface area contributed by atoms with Crippen LogP contribution in [0.15, 0.2) is 79.1 Å². The normalized spacial score (nSPS) is 16.2. The Hall–Kier alpha value is -3.47. The molecule has 4 rings (SSSR count). The molecular formula is C22H20N3O2+. The van der Waals surface area contributed by atoms with E-state index in [4.69, 9.17) is 0 Å². The van der Waals surface area contributed by atoms with Crippen LogP contribution in [0.4, 0.5) is 17.1 Å². The smallest absolute Gasteiger partial charge is 0.309 e. The highest BCUT2D eigenvalue weighted by molar-refractivity contribution is 6.24. The molecule has 27 heavy (non-hydrogen) atoms. The highest BCUT2D eigenvalue weighted by atomic mass is 16.2. The van der Waals surface area contributed by atoms with Gasteiger partial charge in [-0.3, -0.25) is 14.5 Å². The summed E-state index contributed by atoms with van der Waals surface area (Å²) in [6.07, 6.45) is 3.57. The van der Waals surface area contributed by atoms with Gasteiger partial charge in [0.15, 0.2) is 12.4 Å². The summed E-state index contributed by atoms with van der Waals surface area (Å²) in [5, 5.41) is 0. The minimum absolute atomic E-state index is 0.189. The molecule has 0 saturated carbocycles. The van der Waals surface area contributed by atoms with E-state index in [2.05, 4.69) is 0 Å². The van der Waals surface area contributed by atoms with Gasteiger partial charge in [-0.1, -0.05) is 30.3 Å². The van der Waals surface area contributed by atoms with E-state index in [9.17, 15) is 9.59 Å². The van der Waals surface area contributed by atoms with Gasteiger partial charge in [-0.05, 0) is 24.3 Å². The summed E-state index contributed by atoms with van der Waals surface area (Å²) < 4.78 is 1.68. The van der Waals surface area contributed by atoms with Crippen LogP contribution < -0.4 is 14.4 Å². The first-order chi connectivity index (χ1) is 13.1. The molecule has 2 heterocycles. The number of ketones is 1. The van der Waals surface area contributed by atoms with Gasteiger partial charge in [0.1, 0.15) is 0 Å². The summed E-state index contributed by atoms with van der Waals surface area (Å²) >= 11 is 0. The summed E-state index contributed by atoms with van der Waals surface area (Å²) in [4.78, 5) is 30.1. The van der Waals surface area contributed by atoms with Gasteiger partial charge in [-0.2, -0.15) is 4.57 Å². The van der Waals surface area contributed by atoms with Gasteiger partial charge in [0.2, 0.25) is 5.78 Å². The average Bonchev–Trinajstić information content (AvgIpc) is 2.69. The summed E-state index contributed by atoms with van der Waals surface area (Å²) in [6.45, 7) is 0. The summed E-state index contributed by atoms with van der Waals surface area (Å²) in [5.41, 5.74) is 2.93. The first-order valence-electron chi connectivity index (χ1n) is 8.78. The number of carbonyl (C=O) groups excluding carboxylic acids is 2. The summed E-state index contributed by atoms with van der Waals surface area (Å²) in [5.74, 6) is -0.446. The third-order valence-electron chi connectivity index (χ3n) is 4.78. The molecule has 0 bridgehead atoms. The molecule has 0 radical (unpaired) electrons. The van der Waals surface area contributed by atoms with E-state index in [1.54, 1.807) is 27.9 Å². The molecule has 5 heteroatoms. The molecule has 5 nitrogen and oxygen atoms in total. The van der Waals surface area contributed by atoms with Gasteiger partial charge in [0, 0.05) is 43.2 Å². The number of Topliss-reactive ketones (excluding diaryl/α,β-unsaturated/α-hetero) is 1. The lowest BCUT2D eigenvalue weighted by molar-refractivity contribution is -0.694. The number of fused-ring (bicyclic) bond motifs is 1. The van der Waals surface area contributed by atoms with E-state index in [0.29, 0.717) is 11.3 Å². The zero-order valence-corrected chi connectivity index (χ0v) is 15.2. The monoisotopic (exact) mass is 358 g/mol. The molecule has 0 unspecified atom stereocenters. The molecule has 134 valence electrons. The Labute approximate surface area is 158 Å². The van der Waals surface area contributed by atoms with E-state index < -0.39 is 6.04 Å². The second-order valence-corrected chi connectivity index (χ2v) is 6.69. The second-order valence-electron chi connectivity index (χ2n) is 6.69. The first kappa shape index (κ1) is 17.0. The predicted molar refractivity (Wildman–Crippen MR) is 104 cm³/mol. The average molecular weight is 358 g/mol. The number of aromatic nitrogens is 1. The van der Waals surface area contributed by atoms with E-state index in [-0.39, 0.29) is 11.7 Å². The number of para-hydroxylation sites is 2. The fourth-order valence-electron chi connectivity index (χ4n) is 3.38. The number of nitrogens with zero attached hydrogens (tertiary/aromatic N) is 3. The SMILES string of the molecule is CN(C)c1cc[n+]([C@H]2C(=O)c3ccccc3N(c3ccccc3)C2=O)cc1. The molecular weight excluding hydrogens is 338 g/mol. The van der Waals surface area contributed by atoms with Gasteiger partial charge >= 0.3 is 5.91 Å². The maximum absolute atomic E-state index is 13.4. The fourth-order valence-corrected chi connectivity index (χ4v) is 3.38. The largest absolute Gasteiger partial charge is 0.377 e. The van der Waals surface area contributed by atoms with E-state index in [1.807, 2.05) is 79.7 Å². The summed E-state index contributed by atoms with van der Waals surface area (Å²) in [6, 6.07) is 19.6. The van der Waals surface area contributed by atoms with Crippen molar-refractivity contribution < 1.29 is 14.2 Å². The lowest BCUT2D eigenvalue weighted by Gasteiger charge is -2.30. The van der Waals surface area contributed by atoms with Crippen molar-refractivity contribution in [1.82, 2.24) is 0 Å². The number of rotatable bonds is 3. The lowest BCUT2D eigenvalue weighted by Crippen LogP contribution is -2.55. The van der Waals surface area contributed by atoms with Gasteiger partial charge < -0.3 is 4.90 Å². The molecule has 1 aliphatic rings. The quantitative estimate of drug-likeness (QED) is 0.534. The van der Waals surface area contributed by atoms with Gasteiger partial charge in [-0.15, -0.1) is 0 Å². The molecule has 0 N–H and O–H groups in total. The van der Waals surface area contributed by atoms with Crippen molar-refractivity contribution in [3.63, 3.8) is 0 Å². The number of hydrogen-bond acceptors (Lipinski definition) is 3. The molecule has 0 fully saturated rings. The lowest BCUT2D eigenvalue weighted by atomic mass is 9.94. The van der Waals surface area contributed by atoms with Crippen molar-refractivity contribution in [2.45, 2.75) is 6.04 Å². The Morgan fingerprint density at radius 1 is 0.852 bits per heavy atom. The van der Waals surface area contributed by atoms with E-state index in [1.165, 1.54) is 0 Å². The zero-order valence-electron chi connectivity index (χ0n) is 15.2. The van der Waals surface area contributed by atoms with Crippen molar-refractivity contribution in [2.75, 3.05) is 23.9 Å². The number of carbonyl (C=O) groups is 2. The first-order valence-corrected chi connectivity index (χ1v) is 8.78. The third-order valence-corrected chi connectivity index (χ3v) is 4.78. The number of anilines is 3. The standard InChI is InChI=1S/C22H20N3O2/c1-23(2)16-12-14-24(15-13-16)20-21(26)18-10-6-7-11-19(18)25(22(20)27)17-8-4-3-5-9-17/h3-15,20H,1-2H3/q+1/t20-/m0/s1. The highest BCUT2D eigenvalue weighted by Crippen LogP contribution is 2.36. The Balaban J connectivity index is 1.84. The Kier molecular flexibility index (Phi) is 4.20. The van der Waals surface area contributed by atoms with Crippen LogP contribution in [0.5, 0.6) is 0 Å². The number of pyridine rings is 1. The van der Waals surface area contributed by atoms with E-state index in [0.717, 1.165) is 11.4 Å². The molecule has 1 aliphatic heterocycles. The topological polar surface area (TPSA) is 44.5 Å². The molecule has 1 aromatic heterocycles. The molecule has 1 amide bonds. The molecule has 1 atom stereocenters. The zero-order chi connectivity index (χ0) is 19.0. The Morgan fingerprint density at radius 3 is 2.15 bits per heavy atom. The van der Waals surface area contributed by atoms with Crippen LogP contribution in [0.25, 0.3) is 0 Å². The minimum Gasteiger partial charge on any atom is -0.377 e.